The van der Waals surface area contributed by atoms with Crippen LogP contribution in [-0.2, 0) is 22.8 Å². The zero-order chi connectivity index (χ0) is 30.4. The topological polar surface area (TPSA) is 95.0 Å². The minimum absolute atomic E-state index is 0.0934. The van der Waals surface area contributed by atoms with Gasteiger partial charge in [0.2, 0.25) is 17.4 Å². The van der Waals surface area contributed by atoms with E-state index in [0.717, 1.165) is 12.8 Å². The Morgan fingerprint density at radius 2 is 1.69 bits per heavy atom. The molecule has 3 heterocycles. The fraction of sp³-hybridized carbons (Fsp3) is 0.517. The van der Waals surface area contributed by atoms with E-state index in [1.807, 2.05) is 4.90 Å². The number of nitrogens with one attached hydrogen (secondary N) is 1. The summed E-state index contributed by atoms with van der Waals surface area (Å²) in [4.78, 5) is 57.4. The SMILES string of the molecule is CN1CN(c2ccc(=O)n(C)c2)C2(CCN(C(=O)C(NC(=O)c3cc(C(F)(F)F)ccc3F)C3CCCC3)CC2)C1=O. The Kier molecular flexibility index (Phi) is 7.80. The van der Waals surface area contributed by atoms with Gasteiger partial charge in [-0.3, -0.25) is 19.2 Å². The largest absolute Gasteiger partial charge is 0.416 e. The van der Waals surface area contributed by atoms with E-state index in [1.54, 1.807) is 36.2 Å². The molecule has 226 valence electrons. The Balaban J connectivity index is 1.36. The van der Waals surface area contributed by atoms with Gasteiger partial charge in [0, 0.05) is 39.4 Å². The number of likely N-dealkylation sites (N-methyl/N-ethyl adjacent to an activating group) is 1. The normalized spacial score (nSPS) is 20.0. The molecule has 1 N–H and O–H groups in total. The molecule has 9 nitrogen and oxygen atoms in total. The first kappa shape index (κ1) is 29.6. The molecule has 2 aromatic rings. The van der Waals surface area contributed by atoms with Crippen LogP contribution in [0.1, 0.15) is 54.4 Å². The first-order valence-electron chi connectivity index (χ1n) is 14.0. The molecule has 2 saturated heterocycles. The second-order valence-electron chi connectivity index (χ2n) is 11.5. The number of rotatable bonds is 5. The number of halogens is 4. The lowest BCUT2D eigenvalue weighted by atomic mass is 9.84. The number of carbonyl (C=O) groups is 3. The zero-order valence-electron chi connectivity index (χ0n) is 23.4. The summed E-state index contributed by atoms with van der Waals surface area (Å²) < 4.78 is 55.6. The number of aromatic nitrogens is 1. The third kappa shape index (κ3) is 5.36. The maximum Gasteiger partial charge on any atom is 0.416 e. The molecule has 13 heteroatoms. The van der Waals surface area contributed by atoms with Crippen LogP contribution in [0.15, 0.2) is 41.3 Å². The molecule has 1 unspecified atom stereocenters. The summed E-state index contributed by atoms with van der Waals surface area (Å²) in [6.07, 6.45) is 0.471. The zero-order valence-corrected chi connectivity index (χ0v) is 23.4. The number of alkyl halides is 3. The van der Waals surface area contributed by atoms with E-state index in [4.69, 9.17) is 0 Å². The molecule has 0 bridgehead atoms. The molecule has 42 heavy (non-hydrogen) atoms. The minimum atomic E-state index is -4.76. The van der Waals surface area contributed by atoms with Crippen molar-refractivity contribution in [2.75, 3.05) is 31.7 Å². The van der Waals surface area contributed by atoms with Gasteiger partial charge in [0.25, 0.3) is 5.91 Å². The van der Waals surface area contributed by atoms with Crippen LogP contribution in [0.4, 0.5) is 23.2 Å². The van der Waals surface area contributed by atoms with Crippen LogP contribution in [0.3, 0.4) is 0 Å². The summed E-state index contributed by atoms with van der Waals surface area (Å²) >= 11 is 0. The Morgan fingerprint density at radius 1 is 1.02 bits per heavy atom. The number of piperidine rings is 1. The predicted molar refractivity (Wildman–Crippen MR) is 145 cm³/mol. The van der Waals surface area contributed by atoms with Crippen molar-refractivity contribution in [2.24, 2.45) is 13.0 Å². The van der Waals surface area contributed by atoms with E-state index < -0.39 is 46.5 Å². The number of benzene rings is 1. The Hall–Kier alpha value is -3.90. The van der Waals surface area contributed by atoms with Crippen LogP contribution in [0.25, 0.3) is 0 Å². The van der Waals surface area contributed by atoms with E-state index in [2.05, 4.69) is 5.32 Å². The molecule has 1 aromatic heterocycles. The van der Waals surface area contributed by atoms with Gasteiger partial charge in [-0.15, -0.1) is 0 Å². The maximum absolute atomic E-state index is 14.5. The van der Waals surface area contributed by atoms with E-state index in [1.165, 1.54) is 10.6 Å². The molecular weight excluding hydrogens is 558 g/mol. The third-order valence-electron chi connectivity index (χ3n) is 8.86. The minimum Gasteiger partial charge on any atom is -0.341 e. The number of carbonyl (C=O) groups excluding carboxylic acids is 3. The first-order chi connectivity index (χ1) is 19.8. The van der Waals surface area contributed by atoms with Gasteiger partial charge in [0.1, 0.15) is 17.4 Å². The van der Waals surface area contributed by atoms with Crippen molar-refractivity contribution in [3.8, 4) is 0 Å². The van der Waals surface area contributed by atoms with Gasteiger partial charge < -0.3 is 24.6 Å². The predicted octanol–water partition coefficient (Wildman–Crippen LogP) is 3.13. The lowest BCUT2D eigenvalue weighted by Crippen LogP contribution is -2.60. The van der Waals surface area contributed by atoms with E-state index >= 15 is 0 Å². The van der Waals surface area contributed by atoms with Crippen molar-refractivity contribution in [2.45, 2.75) is 56.3 Å². The van der Waals surface area contributed by atoms with Crippen LogP contribution in [-0.4, -0.2) is 70.5 Å². The van der Waals surface area contributed by atoms with E-state index in [-0.39, 0.29) is 30.5 Å². The van der Waals surface area contributed by atoms with Crippen molar-refractivity contribution in [1.29, 1.82) is 0 Å². The van der Waals surface area contributed by atoms with Crippen LogP contribution in [0.5, 0.6) is 0 Å². The molecule has 3 amide bonds. The summed E-state index contributed by atoms with van der Waals surface area (Å²) in [5.74, 6) is -2.92. The average Bonchev–Trinajstić information content (AvgIpc) is 3.56. The van der Waals surface area contributed by atoms with E-state index in [0.29, 0.717) is 56.2 Å². The number of hydrogen-bond acceptors (Lipinski definition) is 5. The molecule has 1 atom stereocenters. The fourth-order valence-electron chi connectivity index (χ4n) is 6.49. The molecule has 1 aromatic carbocycles. The summed E-state index contributed by atoms with van der Waals surface area (Å²) in [7, 11) is 3.33. The lowest BCUT2D eigenvalue weighted by Gasteiger charge is -2.44. The molecular formula is C29H33F4N5O4. The van der Waals surface area contributed by atoms with Crippen LogP contribution in [0, 0.1) is 11.7 Å². The summed E-state index contributed by atoms with van der Waals surface area (Å²) in [6, 6.07) is 3.70. The van der Waals surface area contributed by atoms with Gasteiger partial charge in [0.05, 0.1) is 23.5 Å². The maximum atomic E-state index is 14.5. The standard InChI is InChI=1S/C29H33F4N5O4/c1-35-16-20(8-10-23(35)39)38-17-36(2)27(42)28(38)11-13-37(14-12-28)26(41)24(18-5-3-4-6-18)34-25(40)21-15-19(29(31,32)33)7-9-22(21)30/h7-10,15-16,18,24H,3-6,11-14,17H2,1-2H3,(H,34,40). The van der Waals surface area contributed by atoms with Crippen LogP contribution < -0.4 is 15.8 Å². The molecule has 0 radical (unpaired) electrons. The second-order valence-corrected chi connectivity index (χ2v) is 11.5. The number of amides is 3. The van der Waals surface area contributed by atoms with Gasteiger partial charge in [-0.05, 0) is 55.9 Å². The molecule has 5 rings (SSSR count). The van der Waals surface area contributed by atoms with Gasteiger partial charge in [-0.25, -0.2) is 4.39 Å². The number of anilines is 1. The van der Waals surface area contributed by atoms with Gasteiger partial charge in [0.15, 0.2) is 0 Å². The fourth-order valence-corrected chi connectivity index (χ4v) is 6.49. The molecule has 2 aliphatic heterocycles. The van der Waals surface area contributed by atoms with Gasteiger partial charge >= 0.3 is 6.18 Å². The third-order valence-corrected chi connectivity index (χ3v) is 8.86. The molecule has 1 spiro atoms. The highest BCUT2D eigenvalue weighted by Crippen LogP contribution is 2.39. The summed E-state index contributed by atoms with van der Waals surface area (Å²) in [5.41, 5.74) is -2.33. The molecule has 1 aliphatic carbocycles. The number of aryl methyl sites for hydroxylation is 1. The summed E-state index contributed by atoms with van der Waals surface area (Å²) in [6.45, 7) is 0.726. The van der Waals surface area contributed by atoms with Crippen molar-refractivity contribution in [1.82, 2.24) is 19.7 Å². The highest BCUT2D eigenvalue weighted by molar-refractivity contribution is 5.98. The first-order valence-corrected chi connectivity index (χ1v) is 14.0. The van der Waals surface area contributed by atoms with Gasteiger partial charge in [-0.2, -0.15) is 13.2 Å². The number of likely N-dealkylation sites (tertiary alicyclic amines) is 1. The van der Waals surface area contributed by atoms with Crippen molar-refractivity contribution < 1.29 is 31.9 Å². The molecule has 1 saturated carbocycles. The van der Waals surface area contributed by atoms with Gasteiger partial charge in [-0.1, -0.05) is 12.8 Å². The number of pyridine rings is 1. The van der Waals surface area contributed by atoms with Crippen molar-refractivity contribution >= 4 is 23.4 Å². The lowest BCUT2D eigenvalue weighted by molar-refractivity contribution is -0.140. The van der Waals surface area contributed by atoms with Crippen molar-refractivity contribution in [3.63, 3.8) is 0 Å². The smallest absolute Gasteiger partial charge is 0.341 e. The van der Waals surface area contributed by atoms with Crippen LogP contribution >= 0.6 is 0 Å². The van der Waals surface area contributed by atoms with Crippen molar-refractivity contribution in [3.05, 3.63) is 63.8 Å². The van der Waals surface area contributed by atoms with Crippen LogP contribution in [0.2, 0.25) is 0 Å². The molecule has 3 fully saturated rings. The average molecular weight is 592 g/mol. The second kappa shape index (κ2) is 11.1. The number of hydrogen-bond donors (Lipinski definition) is 1. The Morgan fingerprint density at radius 3 is 2.31 bits per heavy atom. The summed E-state index contributed by atoms with van der Waals surface area (Å²) in [5, 5.41) is 2.56. The Labute approximate surface area is 240 Å². The monoisotopic (exact) mass is 591 g/mol. The highest BCUT2D eigenvalue weighted by atomic mass is 19.4. The quantitative estimate of drug-likeness (QED) is 0.540. The number of nitrogens with zero attached hydrogens (tertiary/aromatic N) is 4. The molecule has 3 aliphatic rings. The van der Waals surface area contributed by atoms with E-state index in [9.17, 15) is 36.7 Å². The Bertz CT molecular complexity index is 1440. The highest BCUT2D eigenvalue weighted by Gasteiger charge is 2.53.